The number of rotatable bonds is 5. The Balaban J connectivity index is 1.53. The largest absolute Gasteiger partial charge is 0.486 e. The number of carbonyl (C=O) groups is 2. The second-order valence-electron chi connectivity index (χ2n) is 6.91. The summed E-state index contributed by atoms with van der Waals surface area (Å²) in [5.41, 5.74) is 2.72. The van der Waals surface area contributed by atoms with Crippen molar-refractivity contribution in [3.63, 3.8) is 0 Å². The van der Waals surface area contributed by atoms with Gasteiger partial charge in [0.2, 0.25) is 5.78 Å². The van der Waals surface area contributed by atoms with Gasteiger partial charge in [-0.1, -0.05) is 23.2 Å². The SMILES string of the molecule is Cc1cc(C(=O)COC(=O)c2nc(Cl)ccc2Cl)c(C)n1-c1ccc2c(c1)OCCO2. The van der Waals surface area contributed by atoms with Crippen LogP contribution in [-0.2, 0) is 4.74 Å². The third-order valence-electron chi connectivity index (χ3n) is 4.86. The fraction of sp³-hybridized carbons (Fsp3) is 0.227. The maximum absolute atomic E-state index is 12.8. The molecule has 4 rings (SSSR count). The van der Waals surface area contributed by atoms with Crippen molar-refractivity contribution in [3.05, 3.63) is 69.2 Å². The first-order chi connectivity index (χ1) is 14.8. The molecule has 0 N–H and O–H groups in total. The topological polar surface area (TPSA) is 79.7 Å². The van der Waals surface area contributed by atoms with Gasteiger partial charge in [-0.15, -0.1) is 0 Å². The summed E-state index contributed by atoms with van der Waals surface area (Å²) in [6.07, 6.45) is 0. The molecule has 0 saturated heterocycles. The number of nitrogens with zero attached hydrogens (tertiary/aromatic N) is 2. The number of esters is 1. The summed E-state index contributed by atoms with van der Waals surface area (Å²) in [7, 11) is 0. The quantitative estimate of drug-likeness (QED) is 0.314. The van der Waals surface area contributed by atoms with Crippen molar-refractivity contribution < 1.29 is 23.8 Å². The van der Waals surface area contributed by atoms with Crippen LogP contribution in [0.2, 0.25) is 10.2 Å². The van der Waals surface area contributed by atoms with E-state index in [0.29, 0.717) is 36.0 Å². The van der Waals surface area contributed by atoms with E-state index < -0.39 is 12.6 Å². The third kappa shape index (κ3) is 4.24. The molecule has 1 aliphatic heterocycles. The van der Waals surface area contributed by atoms with Crippen molar-refractivity contribution >= 4 is 35.0 Å². The van der Waals surface area contributed by atoms with E-state index in [1.165, 1.54) is 12.1 Å². The van der Waals surface area contributed by atoms with Crippen LogP contribution < -0.4 is 9.47 Å². The smallest absolute Gasteiger partial charge is 0.359 e. The van der Waals surface area contributed by atoms with E-state index in [4.69, 9.17) is 37.4 Å². The van der Waals surface area contributed by atoms with Crippen LogP contribution in [0.5, 0.6) is 11.5 Å². The normalized spacial score (nSPS) is 12.5. The van der Waals surface area contributed by atoms with Crippen LogP contribution in [0.4, 0.5) is 0 Å². The Morgan fingerprint density at radius 3 is 2.58 bits per heavy atom. The number of hydrogen-bond donors (Lipinski definition) is 0. The molecule has 160 valence electrons. The Morgan fingerprint density at radius 1 is 1.06 bits per heavy atom. The summed E-state index contributed by atoms with van der Waals surface area (Å²) < 4.78 is 18.3. The minimum atomic E-state index is -0.818. The molecule has 3 aromatic rings. The molecule has 0 saturated carbocycles. The van der Waals surface area contributed by atoms with Crippen molar-refractivity contribution in [1.82, 2.24) is 9.55 Å². The average molecular weight is 461 g/mol. The lowest BCUT2D eigenvalue weighted by Gasteiger charge is -2.20. The Hall–Kier alpha value is -3.03. The van der Waals surface area contributed by atoms with E-state index in [1.54, 1.807) is 6.07 Å². The van der Waals surface area contributed by atoms with E-state index in [1.807, 2.05) is 36.6 Å². The number of ether oxygens (including phenoxy) is 3. The lowest BCUT2D eigenvalue weighted by atomic mass is 10.1. The van der Waals surface area contributed by atoms with E-state index in [-0.39, 0.29) is 21.7 Å². The lowest BCUT2D eigenvalue weighted by Crippen LogP contribution is -2.16. The van der Waals surface area contributed by atoms with Gasteiger partial charge < -0.3 is 18.8 Å². The zero-order valence-electron chi connectivity index (χ0n) is 16.8. The molecule has 0 spiro atoms. The van der Waals surface area contributed by atoms with Gasteiger partial charge in [0.25, 0.3) is 0 Å². The molecule has 3 heterocycles. The van der Waals surface area contributed by atoms with E-state index >= 15 is 0 Å². The first-order valence-electron chi connectivity index (χ1n) is 9.46. The number of Topliss-reactive ketones (excluding diaryl/α,β-unsaturated/α-hetero) is 1. The van der Waals surface area contributed by atoms with Crippen LogP contribution in [0.25, 0.3) is 5.69 Å². The van der Waals surface area contributed by atoms with Crippen LogP contribution in [0.3, 0.4) is 0 Å². The van der Waals surface area contributed by atoms with Gasteiger partial charge in [-0.25, -0.2) is 9.78 Å². The number of ketones is 1. The standard InChI is InChI=1S/C22H18Cl2N2O5/c1-12-9-15(17(27)11-31-22(28)21-16(23)4-6-20(24)25-21)13(2)26(12)14-3-5-18-19(10-14)30-8-7-29-18/h3-6,9-10H,7-8,11H2,1-2H3. The third-order valence-corrected chi connectivity index (χ3v) is 5.37. The highest BCUT2D eigenvalue weighted by molar-refractivity contribution is 6.34. The Bertz CT molecular complexity index is 1190. The summed E-state index contributed by atoms with van der Waals surface area (Å²) in [5, 5.41) is 0.198. The fourth-order valence-electron chi connectivity index (χ4n) is 3.45. The molecule has 1 aromatic carbocycles. The number of carbonyl (C=O) groups excluding carboxylic acids is 2. The molecular weight excluding hydrogens is 443 g/mol. The molecular formula is C22H18Cl2N2O5. The predicted molar refractivity (Wildman–Crippen MR) is 115 cm³/mol. The van der Waals surface area contributed by atoms with Gasteiger partial charge in [-0.05, 0) is 44.2 Å². The summed E-state index contributed by atoms with van der Waals surface area (Å²) in [5.74, 6) is 0.183. The van der Waals surface area contributed by atoms with Crippen molar-refractivity contribution in [2.24, 2.45) is 0 Å². The first-order valence-corrected chi connectivity index (χ1v) is 10.2. The molecule has 31 heavy (non-hydrogen) atoms. The van der Waals surface area contributed by atoms with E-state index in [9.17, 15) is 9.59 Å². The number of pyridine rings is 1. The molecule has 0 aliphatic carbocycles. The highest BCUT2D eigenvalue weighted by Gasteiger charge is 2.21. The maximum atomic E-state index is 12.8. The van der Waals surface area contributed by atoms with Crippen LogP contribution >= 0.6 is 23.2 Å². The van der Waals surface area contributed by atoms with Crippen molar-refractivity contribution in [3.8, 4) is 17.2 Å². The van der Waals surface area contributed by atoms with Gasteiger partial charge in [-0.2, -0.15) is 0 Å². The molecule has 0 radical (unpaired) electrons. The zero-order chi connectivity index (χ0) is 22.1. The van der Waals surface area contributed by atoms with Crippen molar-refractivity contribution in [2.75, 3.05) is 19.8 Å². The zero-order valence-corrected chi connectivity index (χ0v) is 18.3. The minimum Gasteiger partial charge on any atom is -0.486 e. The van der Waals surface area contributed by atoms with Gasteiger partial charge in [0, 0.05) is 28.7 Å². The first kappa shape index (κ1) is 21.2. The molecule has 0 atom stereocenters. The highest BCUT2D eigenvalue weighted by atomic mass is 35.5. The number of fused-ring (bicyclic) bond motifs is 1. The van der Waals surface area contributed by atoms with Crippen LogP contribution in [-0.4, -0.2) is 41.1 Å². The number of halogens is 2. The Labute approximate surface area is 188 Å². The van der Waals surface area contributed by atoms with E-state index in [2.05, 4.69) is 4.98 Å². The monoisotopic (exact) mass is 460 g/mol. The molecule has 7 nitrogen and oxygen atoms in total. The van der Waals surface area contributed by atoms with Crippen molar-refractivity contribution in [1.29, 1.82) is 0 Å². The molecule has 0 amide bonds. The number of hydrogen-bond acceptors (Lipinski definition) is 6. The van der Waals surface area contributed by atoms with Gasteiger partial charge >= 0.3 is 5.97 Å². The molecule has 0 fully saturated rings. The van der Waals surface area contributed by atoms with Crippen LogP contribution in [0.1, 0.15) is 32.2 Å². The summed E-state index contributed by atoms with van der Waals surface area (Å²) in [6, 6.07) is 10.3. The van der Waals surface area contributed by atoms with Crippen LogP contribution in [0, 0.1) is 13.8 Å². The summed E-state index contributed by atoms with van der Waals surface area (Å²) >= 11 is 11.8. The predicted octanol–water partition coefficient (Wildman–Crippen LogP) is 4.61. The summed E-state index contributed by atoms with van der Waals surface area (Å²) in [4.78, 5) is 28.9. The molecule has 9 heteroatoms. The van der Waals surface area contributed by atoms with Gasteiger partial charge in [0.15, 0.2) is 23.8 Å². The molecule has 1 aliphatic rings. The molecule has 0 bridgehead atoms. The van der Waals surface area contributed by atoms with E-state index in [0.717, 1.165) is 11.4 Å². The van der Waals surface area contributed by atoms with Crippen LogP contribution in [0.15, 0.2) is 36.4 Å². The number of aromatic nitrogens is 2. The molecule has 0 unspecified atom stereocenters. The summed E-state index contributed by atoms with van der Waals surface area (Å²) in [6.45, 7) is 4.27. The second kappa shape index (κ2) is 8.61. The Morgan fingerprint density at radius 2 is 1.81 bits per heavy atom. The number of benzene rings is 1. The lowest BCUT2D eigenvalue weighted by molar-refractivity contribution is 0.0469. The average Bonchev–Trinajstić information content (AvgIpc) is 3.07. The number of aryl methyl sites for hydroxylation is 1. The van der Waals surface area contributed by atoms with Crippen molar-refractivity contribution in [2.45, 2.75) is 13.8 Å². The highest BCUT2D eigenvalue weighted by Crippen LogP contribution is 2.33. The maximum Gasteiger partial charge on any atom is 0.359 e. The fourth-order valence-corrected chi connectivity index (χ4v) is 3.78. The second-order valence-corrected chi connectivity index (χ2v) is 7.71. The van der Waals surface area contributed by atoms with Gasteiger partial charge in [-0.3, -0.25) is 4.79 Å². The minimum absolute atomic E-state index is 0.0960. The van der Waals surface area contributed by atoms with Gasteiger partial charge in [0.1, 0.15) is 18.4 Å². The molecule has 2 aromatic heterocycles. The Kier molecular flexibility index (Phi) is 5.89. The van der Waals surface area contributed by atoms with Gasteiger partial charge in [0.05, 0.1) is 5.02 Å².